The Morgan fingerprint density at radius 3 is 2.83 bits per heavy atom. The molecule has 1 N–H and O–H groups in total. The molecule has 1 aromatic rings. The monoisotopic (exact) mass is 249 g/mol. The first-order chi connectivity index (χ1) is 8.86. The number of nitrogens with zero attached hydrogens (tertiary/aromatic N) is 2. The van der Waals surface area contributed by atoms with Crippen molar-refractivity contribution in [2.75, 3.05) is 19.8 Å². The van der Waals surface area contributed by atoms with Gasteiger partial charge in [0.05, 0.1) is 17.9 Å². The van der Waals surface area contributed by atoms with Gasteiger partial charge in [0.15, 0.2) is 0 Å². The molecule has 1 atom stereocenters. The molecule has 0 saturated carbocycles. The van der Waals surface area contributed by atoms with Crippen molar-refractivity contribution in [3.8, 4) is 0 Å². The van der Waals surface area contributed by atoms with E-state index >= 15 is 0 Å². The normalized spacial score (nSPS) is 27.5. The number of H-pyrrole nitrogens is 1. The van der Waals surface area contributed by atoms with E-state index < -0.39 is 0 Å². The maximum Gasteiger partial charge on any atom is 0.0553 e. The lowest BCUT2D eigenvalue weighted by Gasteiger charge is -2.42. The number of likely N-dealkylation sites (tertiary alicyclic amines) is 1. The number of aromatic amines is 1. The van der Waals surface area contributed by atoms with Crippen molar-refractivity contribution in [3.05, 3.63) is 17.5 Å². The molecule has 3 rings (SSSR count). The molecule has 2 aliphatic rings. The second kappa shape index (κ2) is 5.41. The van der Waals surface area contributed by atoms with Gasteiger partial charge in [-0.2, -0.15) is 5.10 Å². The quantitative estimate of drug-likeness (QED) is 0.875. The summed E-state index contributed by atoms with van der Waals surface area (Å²) in [6.45, 7) is 5.25. The first kappa shape index (κ1) is 12.2. The number of aryl methyl sites for hydroxylation is 1. The third-order valence-corrected chi connectivity index (χ3v) is 4.41. The summed E-state index contributed by atoms with van der Waals surface area (Å²) in [7, 11) is 0. The number of aromatic nitrogens is 2. The molecule has 4 nitrogen and oxygen atoms in total. The third-order valence-electron chi connectivity index (χ3n) is 4.41. The molecular weight excluding hydrogens is 226 g/mol. The Balaban J connectivity index is 1.79. The van der Waals surface area contributed by atoms with Crippen molar-refractivity contribution in [2.45, 2.75) is 51.1 Å². The predicted octanol–water partition coefficient (Wildman–Crippen LogP) is 2.42. The number of ether oxygens (including phenoxy) is 1. The van der Waals surface area contributed by atoms with E-state index in [-0.39, 0.29) is 0 Å². The molecule has 1 aromatic heterocycles. The van der Waals surface area contributed by atoms with Gasteiger partial charge in [0.2, 0.25) is 0 Å². The summed E-state index contributed by atoms with van der Waals surface area (Å²) in [6, 6.07) is 1.25. The molecular formula is C14H23N3O. The van der Waals surface area contributed by atoms with Gasteiger partial charge >= 0.3 is 0 Å². The van der Waals surface area contributed by atoms with Gasteiger partial charge in [-0.1, -0.05) is 6.42 Å². The van der Waals surface area contributed by atoms with Gasteiger partial charge in [-0.05, 0) is 44.7 Å². The second-order valence-corrected chi connectivity index (χ2v) is 5.56. The SMILES string of the molecule is Cc1cn[nH]c1[C@@H]1CCCCN1C1CCOCC1. The maximum atomic E-state index is 5.49. The minimum Gasteiger partial charge on any atom is -0.381 e. The zero-order valence-electron chi connectivity index (χ0n) is 11.2. The van der Waals surface area contributed by atoms with E-state index in [0.717, 1.165) is 13.2 Å². The summed E-state index contributed by atoms with van der Waals surface area (Å²) in [6.07, 6.45) is 8.25. The largest absolute Gasteiger partial charge is 0.381 e. The van der Waals surface area contributed by atoms with Crippen LogP contribution in [0.15, 0.2) is 6.20 Å². The molecule has 2 fully saturated rings. The van der Waals surface area contributed by atoms with Gasteiger partial charge in [-0.25, -0.2) is 0 Å². The summed E-state index contributed by atoms with van der Waals surface area (Å²) >= 11 is 0. The Hall–Kier alpha value is -0.870. The Morgan fingerprint density at radius 2 is 2.11 bits per heavy atom. The van der Waals surface area contributed by atoms with Gasteiger partial charge in [-0.3, -0.25) is 10.00 Å². The van der Waals surface area contributed by atoms with Crippen LogP contribution in [0.1, 0.15) is 49.4 Å². The Morgan fingerprint density at radius 1 is 1.28 bits per heavy atom. The summed E-state index contributed by atoms with van der Waals surface area (Å²) in [4.78, 5) is 2.70. The highest BCUT2D eigenvalue weighted by Gasteiger charge is 2.32. The lowest BCUT2D eigenvalue weighted by molar-refractivity contribution is 0.00303. The van der Waals surface area contributed by atoms with Crippen LogP contribution < -0.4 is 0 Å². The summed E-state index contributed by atoms with van der Waals surface area (Å²) in [5, 5.41) is 7.42. The van der Waals surface area contributed by atoms with Gasteiger partial charge in [0, 0.05) is 19.3 Å². The fourth-order valence-electron chi connectivity index (χ4n) is 3.41. The molecule has 100 valence electrons. The number of hydrogen-bond acceptors (Lipinski definition) is 3. The molecule has 0 aromatic carbocycles. The Labute approximate surface area is 109 Å². The predicted molar refractivity (Wildman–Crippen MR) is 70.5 cm³/mol. The zero-order chi connectivity index (χ0) is 12.4. The van der Waals surface area contributed by atoms with Crippen molar-refractivity contribution in [1.29, 1.82) is 0 Å². The van der Waals surface area contributed by atoms with Crippen molar-refractivity contribution in [1.82, 2.24) is 15.1 Å². The molecule has 2 aliphatic heterocycles. The van der Waals surface area contributed by atoms with Crippen LogP contribution in [-0.4, -0.2) is 40.9 Å². The van der Waals surface area contributed by atoms with Crippen molar-refractivity contribution >= 4 is 0 Å². The molecule has 0 amide bonds. The van der Waals surface area contributed by atoms with Gasteiger partial charge in [0.1, 0.15) is 0 Å². The van der Waals surface area contributed by atoms with Crippen LogP contribution >= 0.6 is 0 Å². The van der Waals surface area contributed by atoms with Gasteiger partial charge < -0.3 is 4.74 Å². The van der Waals surface area contributed by atoms with E-state index in [1.54, 1.807) is 0 Å². The van der Waals surface area contributed by atoms with E-state index in [4.69, 9.17) is 4.74 Å². The summed E-state index contributed by atoms with van der Waals surface area (Å²) < 4.78 is 5.49. The van der Waals surface area contributed by atoms with Crippen LogP contribution in [0.2, 0.25) is 0 Å². The molecule has 0 spiro atoms. The average molecular weight is 249 g/mol. The van der Waals surface area contributed by atoms with Crippen LogP contribution in [0, 0.1) is 6.92 Å². The van der Waals surface area contributed by atoms with E-state index in [1.807, 2.05) is 6.20 Å². The molecule has 0 bridgehead atoms. The molecule has 0 aliphatic carbocycles. The molecule has 4 heteroatoms. The second-order valence-electron chi connectivity index (χ2n) is 5.56. The van der Waals surface area contributed by atoms with E-state index in [2.05, 4.69) is 22.0 Å². The Bertz CT molecular complexity index is 384. The fourth-order valence-corrected chi connectivity index (χ4v) is 3.41. The smallest absolute Gasteiger partial charge is 0.0553 e. The van der Waals surface area contributed by atoms with Crippen LogP contribution in [0.25, 0.3) is 0 Å². The number of piperidine rings is 1. The van der Waals surface area contributed by atoms with Crippen LogP contribution in [0.3, 0.4) is 0 Å². The topological polar surface area (TPSA) is 41.2 Å². The van der Waals surface area contributed by atoms with Crippen LogP contribution in [0.5, 0.6) is 0 Å². The number of hydrogen-bond donors (Lipinski definition) is 1. The molecule has 3 heterocycles. The van der Waals surface area contributed by atoms with Gasteiger partial charge in [0.25, 0.3) is 0 Å². The fraction of sp³-hybridized carbons (Fsp3) is 0.786. The van der Waals surface area contributed by atoms with Crippen molar-refractivity contribution in [3.63, 3.8) is 0 Å². The van der Waals surface area contributed by atoms with Crippen LogP contribution in [0.4, 0.5) is 0 Å². The highest BCUT2D eigenvalue weighted by Crippen LogP contribution is 2.35. The molecule has 18 heavy (non-hydrogen) atoms. The minimum atomic E-state index is 0.546. The molecule has 0 radical (unpaired) electrons. The first-order valence-corrected chi connectivity index (χ1v) is 7.19. The lowest BCUT2D eigenvalue weighted by atomic mass is 9.93. The molecule has 2 saturated heterocycles. The lowest BCUT2D eigenvalue weighted by Crippen LogP contribution is -2.44. The van der Waals surface area contributed by atoms with E-state index in [9.17, 15) is 0 Å². The zero-order valence-corrected chi connectivity index (χ0v) is 11.2. The third kappa shape index (κ3) is 2.31. The average Bonchev–Trinajstić information content (AvgIpc) is 2.86. The van der Waals surface area contributed by atoms with Gasteiger partial charge in [-0.15, -0.1) is 0 Å². The van der Waals surface area contributed by atoms with E-state index in [1.165, 1.54) is 49.9 Å². The standard InChI is InChI=1S/C14H23N3O/c1-11-10-15-16-14(11)13-4-2-3-7-17(13)12-5-8-18-9-6-12/h10,12-13H,2-9H2,1H3,(H,15,16)/t13-/m0/s1. The highest BCUT2D eigenvalue weighted by molar-refractivity contribution is 5.19. The Kier molecular flexibility index (Phi) is 3.66. The summed E-state index contributed by atoms with van der Waals surface area (Å²) in [5.74, 6) is 0. The van der Waals surface area contributed by atoms with Crippen LogP contribution in [-0.2, 0) is 4.74 Å². The van der Waals surface area contributed by atoms with Crippen molar-refractivity contribution < 1.29 is 4.74 Å². The first-order valence-electron chi connectivity index (χ1n) is 7.19. The number of nitrogens with one attached hydrogen (secondary N) is 1. The minimum absolute atomic E-state index is 0.546. The van der Waals surface area contributed by atoms with Crippen molar-refractivity contribution in [2.24, 2.45) is 0 Å². The summed E-state index contributed by atoms with van der Waals surface area (Å²) in [5.41, 5.74) is 2.64. The number of rotatable bonds is 2. The molecule has 0 unspecified atom stereocenters. The highest BCUT2D eigenvalue weighted by atomic mass is 16.5. The van der Waals surface area contributed by atoms with E-state index in [0.29, 0.717) is 12.1 Å². The maximum absolute atomic E-state index is 5.49.